The van der Waals surface area contributed by atoms with E-state index >= 15 is 0 Å². The molecule has 0 aromatic heterocycles. The number of hydrogen-bond donors (Lipinski definition) is 0. The maximum absolute atomic E-state index is 9.81. The van der Waals surface area contributed by atoms with E-state index in [0.717, 1.165) is 25.7 Å². The first-order chi connectivity index (χ1) is 5.91. The molecule has 0 bridgehead atoms. The van der Waals surface area contributed by atoms with Gasteiger partial charge in [-0.15, -0.1) is 0 Å². The Morgan fingerprint density at radius 3 is 1.25 bits per heavy atom. The zero-order chi connectivity index (χ0) is 9.07. The molecule has 2 nitrogen and oxygen atoms in total. The molecule has 0 fully saturated rings. The first-order valence-corrected chi connectivity index (χ1v) is 4.62. The van der Waals surface area contributed by atoms with Crippen LogP contribution in [0.5, 0.6) is 0 Å². The molecule has 0 N–H and O–H groups in total. The zero-order valence-corrected chi connectivity index (χ0v) is 7.47. The maximum atomic E-state index is 9.81. The molecular weight excluding hydrogens is 152 g/mol. The molecule has 0 saturated heterocycles. The minimum Gasteiger partial charge on any atom is -0.291 e. The summed E-state index contributed by atoms with van der Waals surface area (Å²) in [6.45, 7) is 0. The van der Waals surface area contributed by atoms with Crippen molar-refractivity contribution in [1.82, 2.24) is 0 Å². The van der Waals surface area contributed by atoms with Gasteiger partial charge in [0.05, 0.1) is 0 Å². The molecule has 0 rings (SSSR count). The van der Waals surface area contributed by atoms with Gasteiger partial charge in [-0.05, 0) is 12.8 Å². The van der Waals surface area contributed by atoms with Crippen LogP contribution in [0.15, 0.2) is 0 Å². The van der Waals surface area contributed by atoms with Crippen molar-refractivity contribution < 1.29 is 9.59 Å². The zero-order valence-electron chi connectivity index (χ0n) is 7.47. The molecule has 2 radical (unpaired) electrons. The van der Waals surface area contributed by atoms with Crippen molar-refractivity contribution in [2.24, 2.45) is 0 Å². The summed E-state index contributed by atoms with van der Waals surface area (Å²) in [5, 5.41) is 0. The summed E-state index contributed by atoms with van der Waals surface area (Å²) in [4.78, 5) is 19.6. The summed E-state index contributed by atoms with van der Waals surface area (Å²) >= 11 is 0. The molecule has 0 amide bonds. The standard InChI is InChI=1S/C10H16O2/c11-9-7-5-3-1-2-4-6-8-10-12/h1-8H2. The highest BCUT2D eigenvalue weighted by molar-refractivity contribution is 5.50. The van der Waals surface area contributed by atoms with Crippen LogP contribution in [0.3, 0.4) is 0 Å². The molecule has 0 heterocycles. The summed E-state index contributed by atoms with van der Waals surface area (Å²) < 4.78 is 0. The molecule has 0 aliphatic rings. The third-order valence-electron chi connectivity index (χ3n) is 1.81. The fraction of sp³-hybridized carbons (Fsp3) is 0.800. The predicted molar refractivity (Wildman–Crippen MR) is 48.3 cm³/mol. The first-order valence-electron chi connectivity index (χ1n) is 4.62. The largest absolute Gasteiger partial charge is 0.291 e. The summed E-state index contributed by atoms with van der Waals surface area (Å²) in [7, 11) is 0. The van der Waals surface area contributed by atoms with Gasteiger partial charge in [0, 0.05) is 12.8 Å². The number of carbonyl (C=O) groups excluding carboxylic acids is 2. The van der Waals surface area contributed by atoms with Crippen molar-refractivity contribution in [2.75, 3.05) is 0 Å². The first kappa shape index (κ1) is 11.3. The minimum absolute atomic E-state index is 0.572. The maximum Gasteiger partial charge on any atom is 0.198 e. The van der Waals surface area contributed by atoms with E-state index in [1.165, 1.54) is 12.8 Å². The Hall–Kier alpha value is -0.660. The van der Waals surface area contributed by atoms with Crippen LogP contribution in [0.4, 0.5) is 0 Å². The van der Waals surface area contributed by atoms with Crippen molar-refractivity contribution in [3.8, 4) is 0 Å². The Morgan fingerprint density at radius 2 is 0.917 bits per heavy atom. The molecule has 0 spiro atoms. The summed E-state index contributed by atoms with van der Waals surface area (Å²) in [5.41, 5.74) is 0. The monoisotopic (exact) mass is 168 g/mol. The summed E-state index contributed by atoms with van der Waals surface area (Å²) in [5.74, 6) is 0. The average Bonchev–Trinajstić information content (AvgIpc) is 2.10. The smallest absolute Gasteiger partial charge is 0.198 e. The quantitative estimate of drug-likeness (QED) is 0.495. The van der Waals surface area contributed by atoms with Gasteiger partial charge < -0.3 is 0 Å². The SMILES string of the molecule is O=[C]CCCCCCCC[C]=O. The van der Waals surface area contributed by atoms with Gasteiger partial charge in [-0.3, -0.25) is 9.59 Å². The van der Waals surface area contributed by atoms with Gasteiger partial charge in [0.15, 0.2) is 12.6 Å². The van der Waals surface area contributed by atoms with Crippen LogP contribution in [-0.2, 0) is 9.59 Å². The van der Waals surface area contributed by atoms with E-state index in [9.17, 15) is 9.59 Å². The third kappa shape index (κ3) is 9.34. The molecule has 12 heavy (non-hydrogen) atoms. The van der Waals surface area contributed by atoms with Gasteiger partial charge >= 0.3 is 0 Å². The van der Waals surface area contributed by atoms with Crippen LogP contribution in [-0.4, -0.2) is 12.6 Å². The highest BCUT2D eigenvalue weighted by Gasteiger charge is 1.90. The topological polar surface area (TPSA) is 34.1 Å². The molecule has 0 aromatic carbocycles. The van der Waals surface area contributed by atoms with Crippen molar-refractivity contribution >= 4 is 12.6 Å². The highest BCUT2D eigenvalue weighted by Crippen LogP contribution is 2.06. The Kier molecular flexibility index (Phi) is 9.77. The van der Waals surface area contributed by atoms with Crippen LogP contribution < -0.4 is 0 Å². The van der Waals surface area contributed by atoms with E-state index in [-0.39, 0.29) is 0 Å². The Labute approximate surface area is 74.3 Å². The molecule has 2 heteroatoms. The molecule has 0 aromatic rings. The van der Waals surface area contributed by atoms with Crippen LogP contribution >= 0.6 is 0 Å². The van der Waals surface area contributed by atoms with Crippen LogP contribution in [0, 0.1) is 0 Å². The Bertz CT molecular complexity index is 96.4. The lowest BCUT2D eigenvalue weighted by Gasteiger charge is -1.96. The van der Waals surface area contributed by atoms with E-state index in [2.05, 4.69) is 0 Å². The fourth-order valence-electron chi connectivity index (χ4n) is 1.10. The second-order valence-electron chi connectivity index (χ2n) is 2.91. The minimum atomic E-state index is 0.572. The fourth-order valence-corrected chi connectivity index (χ4v) is 1.10. The van der Waals surface area contributed by atoms with Gasteiger partial charge in [-0.1, -0.05) is 25.7 Å². The van der Waals surface area contributed by atoms with Crippen molar-refractivity contribution in [3.63, 3.8) is 0 Å². The van der Waals surface area contributed by atoms with Crippen molar-refractivity contribution in [1.29, 1.82) is 0 Å². The molecule has 0 aliphatic heterocycles. The number of rotatable bonds is 9. The normalized spacial score (nSPS) is 9.67. The Balaban J connectivity index is 2.81. The average molecular weight is 168 g/mol. The lowest BCUT2D eigenvalue weighted by molar-refractivity contribution is 0.535. The second kappa shape index (κ2) is 10.3. The van der Waals surface area contributed by atoms with Crippen LogP contribution in [0.2, 0.25) is 0 Å². The lowest BCUT2D eigenvalue weighted by atomic mass is 10.1. The van der Waals surface area contributed by atoms with Crippen LogP contribution in [0.1, 0.15) is 51.4 Å². The molecular formula is C10H16O2. The third-order valence-corrected chi connectivity index (χ3v) is 1.81. The Morgan fingerprint density at radius 1 is 0.583 bits per heavy atom. The number of hydrogen-bond acceptors (Lipinski definition) is 2. The number of unbranched alkanes of at least 4 members (excludes halogenated alkanes) is 7. The summed E-state index contributed by atoms with van der Waals surface area (Å²) in [6.07, 6.45) is 11.4. The molecule has 68 valence electrons. The van der Waals surface area contributed by atoms with Gasteiger partial charge in [-0.25, -0.2) is 0 Å². The van der Waals surface area contributed by atoms with Gasteiger partial charge in [0.1, 0.15) is 0 Å². The van der Waals surface area contributed by atoms with Crippen molar-refractivity contribution in [2.45, 2.75) is 51.4 Å². The van der Waals surface area contributed by atoms with E-state index in [1.54, 1.807) is 0 Å². The van der Waals surface area contributed by atoms with E-state index in [0.29, 0.717) is 12.8 Å². The van der Waals surface area contributed by atoms with E-state index in [4.69, 9.17) is 0 Å². The second-order valence-corrected chi connectivity index (χ2v) is 2.91. The molecule has 0 aliphatic carbocycles. The lowest BCUT2D eigenvalue weighted by Crippen LogP contribution is -1.81. The molecule has 0 unspecified atom stereocenters. The van der Waals surface area contributed by atoms with Gasteiger partial charge in [0.25, 0.3) is 0 Å². The van der Waals surface area contributed by atoms with E-state index < -0.39 is 0 Å². The molecule has 0 saturated carbocycles. The predicted octanol–water partition coefficient (Wildman–Crippen LogP) is 2.33. The highest BCUT2D eigenvalue weighted by atomic mass is 16.1. The molecule has 0 atom stereocenters. The van der Waals surface area contributed by atoms with Gasteiger partial charge in [-0.2, -0.15) is 0 Å². The van der Waals surface area contributed by atoms with Crippen molar-refractivity contribution in [3.05, 3.63) is 0 Å². The van der Waals surface area contributed by atoms with E-state index in [1.807, 2.05) is 12.6 Å². The van der Waals surface area contributed by atoms with Crippen LogP contribution in [0.25, 0.3) is 0 Å². The summed E-state index contributed by atoms with van der Waals surface area (Å²) in [6, 6.07) is 0. The van der Waals surface area contributed by atoms with Gasteiger partial charge in [0.2, 0.25) is 0 Å².